The maximum Gasteiger partial charge on any atom is 0.335 e. The molecule has 0 amide bonds. The monoisotopic (exact) mass is 312 g/mol. The molecule has 0 spiro atoms. The SMILES string of the molecule is Cc1ccc(C)c(-c2nc(-c3cccc(C(=O)O)c3)no2)c1F. The Morgan fingerprint density at radius 2 is 1.91 bits per heavy atom. The zero-order valence-electron chi connectivity index (χ0n) is 12.5. The van der Waals surface area contributed by atoms with Crippen LogP contribution in [0.2, 0.25) is 0 Å². The highest BCUT2D eigenvalue weighted by Gasteiger charge is 2.18. The van der Waals surface area contributed by atoms with Crippen LogP contribution in [-0.2, 0) is 0 Å². The van der Waals surface area contributed by atoms with Crippen LogP contribution in [0.3, 0.4) is 0 Å². The lowest BCUT2D eigenvalue weighted by Crippen LogP contribution is -1.96. The fourth-order valence-corrected chi connectivity index (χ4v) is 2.27. The lowest BCUT2D eigenvalue weighted by Gasteiger charge is -2.04. The molecule has 6 heteroatoms. The van der Waals surface area contributed by atoms with Crippen molar-refractivity contribution < 1.29 is 18.8 Å². The van der Waals surface area contributed by atoms with Gasteiger partial charge in [0.25, 0.3) is 5.89 Å². The average molecular weight is 312 g/mol. The molecule has 5 nitrogen and oxygen atoms in total. The Bertz CT molecular complexity index is 903. The Hall–Kier alpha value is -3.02. The summed E-state index contributed by atoms with van der Waals surface area (Å²) >= 11 is 0. The van der Waals surface area contributed by atoms with Gasteiger partial charge in [-0.1, -0.05) is 29.4 Å². The van der Waals surface area contributed by atoms with E-state index in [-0.39, 0.29) is 22.8 Å². The number of rotatable bonds is 3. The van der Waals surface area contributed by atoms with Crippen LogP contribution in [0.25, 0.3) is 22.8 Å². The summed E-state index contributed by atoms with van der Waals surface area (Å²) in [5, 5.41) is 12.9. The highest BCUT2D eigenvalue weighted by atomic mass is 19.1. The number of carbonyl (C=O) groups is 1. The van der Waals surface area contributed by atoms with Crippen LogP contribution < -0.4 is 0 Å². The van der Waals surface area contributed by atoms with Crippen molar-refractivity contribution in [1.29, 1.82) is 0 Å². The number of hydrogen-bond donors (Lipinski definition) is 1. The van der Waals surface area contributed by atoms with Gasteiger partial charge in [-0.05, 0) is 37.1 Å². The van der Waals surface area contributed by atoms with Gasteiger partial charge in [0.05, 0.1) is 11.1 Å². The van der Waals surface area contributed by atoms with Crippen molar-refractivity contribution in [3.05, 3.63) is 58.9 Å². The molecule has 0 saturated heterocycles. The third-order valence-electron chi connectivity index (χ3n) is 3.55. The molecule has 0 bridgehead atoms. The van der Waals surface area contributed by atoms with Gasteiger partial charge in [-0.3, -0.25) is 0 Å². The zero-order chi connectivity index (χ0) is 16.6. The van der Waals surface area contributed by atoms with Gasteiger partial charge in [0.15, 0.2) is 0 Å². The van der Waals surface area contributed by atoms with Crippen molar-refractivity contribution in [2.45, 2.75) is 13.8 Å². The van der Waals surface area contributed by atoms with Crippen LogP contribution in [0.5, 0.6) is 0 Å². The molecule has 2 aromatic carbocycles. The maximum atomic E-state index is 14.3. The number of aryl methyl sites for hydroxylation is 2. The van der Waals surface area contributed by atoms with Gasteiger partial charge in [-0.25, -0.2) is 9.18 Å². The van der Waals surface area contributed by atoms with Gasteiger partial charge in [0.1, 0.15) is 5.82 Å². The Morgan fingerprint density at radius 1 is 1.17 bits per heavy atom. The highest BCUT2D eigenvalue weighted by Crippen LogP contribution is 2.29. The lowest BCUT2D eigenvalue weighted by molar-refractivity contribution is 0.0697. The van der Waals surface area contributed by atoms with E-state index in [1.54, 1.807) is 38.1 Å². The molecule has 3 rings (SSSR count). The number of carboxylic acids is 1. The molecule has 0 aliphatic heterocycles. The quantitative estimate of drug-likeness (QED) is 0.794. The predicted octanol–water partition coefficient (Wildman–Crippen LogP) is 3.86. The van der Waals surface area contributed by atoms with Gasteiger partial charge in [-0.15, -0.1) is 0 Å². The number of aromatic carboxylic acids is 1. The molecule has 0 radical (unpaired) electrons. The summed E-state index contributed by atoms with van der Waals surface area (Å²) in [6.07, 6.45) is 0. The normalized spacial score (nSPS) is 10.7. The summed E-state index contributed by atoms with van der Waals surface area (Å²) in [6, 6.07) is 9.63. The molecule has 0 aliphatic rings. The number of halogens is 1. The Kier molecular flexibility index (Phi) is 3.65. The van der Waals surface area contributed by atoms with E-state index in [4.69, 9.17) is 9.63 Å². The van der Waals surface area contributed by atoms with E-state index in [0.29, 0.717) is 16.7 Å². The first-order chi connectivity index (χ1) is 11.0. The Morgan fingerprint density at radius 3 is 2.65 bits per heavy atom. The van der Waals surface area contributed by atoms with E-state index >= 15 is 0 Å². The van der Waals surface area contributed by atoms with Gasteiger partial charge >= 0.3 is 5.97 Å². The van der Waals surface area contributed by atoms with E-state index in [9.17, 15) is 9.18 Å². The molecule has 0 atom stereocenters. The maximum absolute atomic E-state index is 14.3. The Labute approximate surface area is 131 Å². The first-order valence-electron chi connectivity index (χ1n) is 6.91. The van der Waals surface area contributed by atoms with Crippen molar-refractivity contribution in [3.63, 3.8) is 0 Å². The van der Waals surface area contributed by atoms with Crippen LogP contribution in [0.1, 0.15) is 21.5 Å². The number of benzene rings is 2. The van der Waals surface area contributed by atoms with Crippen LogP contribution in [0.4, 0.5) is 4.39 Å². The lowest BCUT2D eigenvalue weighted by atomic mass is 10.0. The van der Waals surface area contributed by atoms with Crippen molar-refractivity contribution in [1.82, 2.24) is 10.1 Å². The fraction of sp³-hybridized carbons (Fsp3) is 0.118. The minimum absolute atomic E-state index is 0.0689. The number of hydrogen-bond acceptors (Lipinski definition) is 4. The van der Waals surface area contributed by atoms with Gasteiger partial charge < -0.3 is 9.63 Å². The molecule has 0 saturated carbocycles. The molecular weight excluding hydrogens is 299 g/mol. The molecule has 1 heterocycles. The topological polar surface area (TPSA) is 76.2 Å². The molecule has 23 heavy (non-hydrogen) atoms. The predicted molar refractivity (Wildman–Crippen MR) is 81.6 cm³/mol. The zero-order valence-corrected chi connectivity index (χ0v) is 12.5. The average Bonchev–Trinajstić information content (AvgIpc) is 3.01. The number of aromatic nitrogens is 2. The second kappa shape index (κ2) is 5.64. The van der Waals surface area contributed by atoms with E-state index in [0.717, 1.165) is 0 Å². The molecule has 3 aromatic rings. The minimum atomic E-state index is -1.05. The van der Waals surface area contributed by atoms with E-state index in [1.165, 1.54) is 12.1 Å². The molecule has 0 fully saturated rings. The second-order valence-corrected chi connectivity index (χ2v) is 5.20. The third-order valence-corrected chi connectivity index (χ3v) is 3.55. The molecule has 1 aromatic heterocycles. The summed E-state index contributed by atoms with van der Waals surface area (Å²) in [4.78, 5) is 15.2. The standard InChI is InChI=1S/C17H13FN2O3/c1-9-6-7-10(2)14(18)13(9)16-19-15(20-23-16)11-4-3-5-12(8-11)17(21)22/h3-8H,1-2H3,(H,21,22). The summed E-state index contributed by atoms with van der Waals surface area (Å²) < 4.78 is 19.5. The third kappa shape index (κ3) is 2.70. The second-order valence-electron chi connectivity index (χ2n) is 5.20. The van der Waals surface area contributed by atoms with Gasteiger partial charge in [-0.2, -0.15) is 4.98 Å². The van der Waals surface area contributed by atoms with Crippen LogP contribution in [-0.4, -0.2) is 21.2 Å². The highest BCUT2D eigenvalue weighted by molar-refractivity contribution is 5.89. The van der Waals surface area contributed by atoms with Crippen LogP contribution >= 0.6 is 0 Å². The smallest absolute Gasteiger partial charge is 0.335 e. The van der Waals surface area contributed by atoms with Gasteiger partial charge in [0, 0.05) is 5.56 Å². The molecular formula is C17H13FN2O3. The first kappa shape index (κ1) is 14.9. The van der Waals surface area contributed by atoms with Crippen molar-refractivity contribution in [2.75, 3.05) is 0 Å². The Balaban J connectivity index is 2.07. The fourth-order valence-electron chi connectivity index (χ4n) is 2.27. The number of carboxylic acid groups (broad SMARTS) is 1. The van der Waals surface area contributed by atoms with Crippen molar-refractivity contribution in [2.24, 2.45) is 0 Å². The minimum Gasteiger partial charge on any atom is -0.478 e. The van der Waals surface area contributed by atoms with Crippen LogP contribution in [0, 0.1) is 19.7 Å². The molecule has 1 N–H and O–H groups in total. The molecule has 0 aliphatic carbocycles. The summed E-state index contributed by atoms with van der Waals surface area (Å²) in [5.74, 6) is -1.17. The van der Waals surface area contributed by atoms with E-state index < -0.39 is 11.8 Å². The largest absolute Gasteiger partial charge is 0.478 e. The van der Waals surface area contributed by atoms with Gasteiger partial charge in [0.2, 0.25) is 5.82 Å². The molecule has 116 valence electrons. The molecule has 0 unspecified atom stereocenters. The van der Waals surface area contributed by atoms with Crippen LogP contribution in [0.15, 0.2) is 40.9 Å². The summed E-state index contributed by atoms with van der Waals surface area (Å²) in [6.45, 7) is 3.42. The van der Waals surface area contributed by atoms with Crippen molar-refractivity contribution in [3.8, 4) is 22.8 Å². The summed E-state index contributed by atoms with van der Waals surface area (Å²) in [7, 11) is 0. The van der Waals surface area contributed by atoms with Crippen molar-refractivity contribution >= 4 is 5.97 Å². The van der Waals surface area contributed by atoms with E-state index in [2.05, 4.69) is 10.1 Å². The number of nitrogens with zero attached hydrogens (tertiary/aromatic N) is 2. The summed E-state index contributed by atoms with van der Waals surface area (Å²) in [5.41, 5.74) is 2.04. The van der Waals surface area contributed by atoms with E-state index in [1.807, 2.05) is 0 Å². The first-order valence-corrected chi connectivity index (χ1v) is 6.91.